The largest absolute Gasteiger partial charge is 0.0625 e. The Balaban J connectivity index is 1.15. The van der Waals surface area contributed by atoms with E-state index in [4.69, 9.17) is 0 Å². The first kappa shape index (κ1) is 18.4. The molecule has 8 unspecified atom stereocenters. The van der Waals surface area contributed by atoms with Crippen LogP contribution in [0.3, 0.4) is 0 Å². The highest BCUT2D eigenvalue weighted by Crippen LogP contribution is 2.50. The van der Waals surface area contributed by atoms with E-state index in [1.807, 2.05) is 0 Å². The molecule has 0 bridgehead atoms. The Hall–Kier alpha value is 0. The summed E-state index contributed by atoms with van der Waals surface area (Å²) >= 11 is 0. The molecule has 4 saturated carbocycles. The van der Waals surface area contributed by atoms with Crippen LogP contribution in [0.2, 0.25) is 0 Å². The Kier molecular flexibility index (Phi) is 6.13. The first-order valence-electron chi connectivity index (χ1n) is 12.2. The van der Waals surface area contributed by atoms with Gasteiger partial charge in [0.05, 0.1) is 0 Å². The Bertz CT molecular complexity index is 374. The van der Waals surface area contributed by atoms with E-state index in [9.17, 15) is 0 Å². The van der Waals surface area contributed by atoms with Crippen molar-refractivity contribution in [3.63, 3.8) is 0 Å². The van der Waals surface area contributed by atoms with Crippen LogP contribution in [0.4, 0.5) is 0 Å². The third-order valence-corrected chi connectivity index (χ3v) is 9.13. The van der Waals surface area contributed by atoms with Gasteiger partial charge in [-0.05, 0) is 73.0 Å². The predicted octanol–water partition coefficient (Wildman–Crippen LogP) is 7.86. The molecule has 0 spiro atoms. The molecule has 144 valence electrons. The van der Waals surface area contributed by atoms with Crippen LogP contribution in [-0.4, -0.2) is 0 Å². The second-order valence-electron chi connectivity index (χ2n) is 11.0. The number of hydrogen-bond acceptors (Lipinski definition) is 0. The van der Waals surface area contributed by atoms with Crippen LogP contribution < -0.4 is 0 Å². The molecule has 8 atom stereocenters. The summed E-state index contributed by atoms with van der Waals surface area (Å²) in [6.45, 7) is 5.02. The molecular formula is C25H44. The number of fused-ring (bicyclic) bond motifs is 2. The van der Waals surface area contributed by atoms with Gasteiger partial charge in [0.2, 0.25) is 0 Å². The van der Waals surface area contributed by atoms with Gasteiger partial charge in [-0.3, -0.25) is 0 Å². The zero-order valence-corrected chi connectivity index (χ0v) is 17.2. The molecule has 0 heterocycles. The number of unbranched alkanes of at least 4 members (excludes halogenated alkanes) is 2. The van der Waals surface area contributed by atoms with Crippen LogP contribution >= 0.6 is 0 Å². The van der Waals surface area contributed by atoms with Gasteiger partial charge < -0.3 is 0 Å². The summed E-state index contributed by atoms with van der Waals surface area (Å²) < 4.78 is 0. The summed E-state index contributed by atoms with van der Waals surface area (Å²) in [6.07, 6.45) is 23.4. The van der Waals surface area contributed by atoms with Crippen molar-refractivity contribution in [2.45, 2.75) is 110 Å². The van der Waals surface area contributed by atoms with Crippen molar-refractivity contribution in [1.29, 1.82) is 0 Å². The fourth-order valence-electron chi connectivity index (χ4n) is 8.13. The maximum absolute atomic E-state index is 2.51. The van der Waals surface area contributed by atoms with Gasteiger partial charge in [0.15, 0.2) is 0 Å². The Labute approximate surface area is 157 Å². The summed E-state index contributed by atoms with van der Waals surface area (Å²) in [5.74, 6) is 8.78. The van der Waals surface area contributed by atoms with Crippen molar-refractivity contribution in [1.82, 2.24) is 0 Å². The molecular weight excluding hydrogens is 300 g/mol. The van der Waals surface area contributed by atoms with Gasteiger partial charge in [-0.15, -0.1) is 0 Å². The van der Waals surface area contributed by atoms with Gasteiger partial charge >= 0.3 is 0 Å². The summed E-state index contributed by atoms with van der Waals surface area (Å²) in [7, 11) is 0. The summed E-state index contributed by atoms with van der Waals surface area (Å²) in [5, 5.41) is 0. The van der Waals surface area contributed by atoms with E-state index >= 15 is 0 Å². The van der Waals surface area contributed by atoms with Gasteiger partial charge in [0, 0.05) is 0 Å². The van der Waals surface area contributed by atoms with Crippen LogP contribution in [-0.2, 0) is 0 Å². The minimum atomic E-state index is 1.03. The van der Waals surface area contributed by atoms with Crippen LogP contribution in [0, 0.1) is 47.3 Å². The average Bonchev–Trinajstić information content (AvgIpc) is 3.16. The lowest BCUT2D eigenvalue weighted by Crippen LogP contribution is -2.24. The molecule has 0 nitrogen and oxygen atoms in total. The third kappa shape index (κ3) is 4.30. The summed E-state index contributed by atoms with van der Waals surface area (Å²) in [5.41, 5.74) is 0. The Morgan fingerprint density at radius 1 is 0.560 bits per heavy atom. The number of rotatable bonds is 6. The molecule has 4 fully saturated rings. The van der Waals surface area contributed by atoms with Gasteiger partial charge in [-0.2, -0.15) is 0 Å². The van der Waals surface area contributed by atoms with Gasteiger partial charge in [-0.25, -0.2) is 0 Å². The molecule has 25 heavy (non-hydrogen) atoms. The van der Waals surface area contributed by atoms with Crippen molar-refractivity contribution in [3.8, 4) is 0 Å². The molecule has 0 aromatic heterocycles. The molecule has 0 radical (unpaired) electrons. The standard InChI is InChI=1S/C25H44/c1-18-14-22-12-6-10-20(24(22)16-18)8-4-3-5-9-21-11-7-13-23-15-19(2)17-25(21)23/h18-25H,3-17H2,1-2H3. The quantitative estimate of drug-likeness (QED) is 0.430. The normalized spacial score (nSPS) is 46.8. The monoisotopic (exact) mass is 344 g/mol. The second kappa shape index (κ2) is 8.35. The van der Waals surface area contributed by atoms with E-state index in [0.29, 0.717) is 0 Å². The predicted molar refractivity (Wildman–Crippen MR) is 109 cm³/mol. The minimum Gasteiger partial charge on any atom is -0.0625 e. The van der Waals surface area contributed by atoms with Gasteiger partial charge in [0.25, 0.3) is 0 Å². The van der Waals surface area contributed by atoms with E-state index in [-0.39, 0.29) is 0 Å². The van der Waals surface area contributed by atoms with Crippen molar-refractivity contribution in [3.05, 3.63) is 0 Å². The van der Waals surface area contributed by atoms with Crippen molar-refractivity contribution in [2.24, 2.45) is 47.3 Å². The van der Waals surface area contributed by atoms with Crippen LogP contribution in [0.5, 0.6) is 0 Å². The summed E-state index contributed by atoms with van der Waals surface area (Å²) in [6, 6.07) is 0. The van der Waals surface area contributed by atoms with E-state index in [0.717, 1.165) is 47.3 Å². The highest BCUT2D eigenvalue weighted by Gasteiger charge is 2.40. The van der Waals surface area contributed by atoms with Crippen molar-refractivity contribution < 1.29 is 0 Å². The lowest BCUT2D eigenvalue weighted by molar-refractivity contribution is 0.161. The smallest absolute Gasteiger partial charge is 0.0355 e. The molecule has 0 aliphatic heterocycles. The Morgan fingerprint density at radius 3 is 1.52 bits per heavy atom. The Morgan fingerprint density at radius 2 is 1.04 bits per heavy atom. The molecule has 0 aromatic rings. The molecule has 0 N–H and O–H groups in total. The highest BCUT2D eigenvalue weighted by atomic mass is 14.5. The lowest BCUT2D eigenvalue weighted by atomic mass is 9.71. The first-order valence-corrected chi connectivity index (χ1v) is 12.2. The third-order valence-electron chi connectivity index (χ3n) is 9.13. The van der Waals surface area contributed by atoms with E-state index < -0.39 is 0 Å². The van der Waals surface area contributed by atoms with Crippen LogP contribution in [0.25, 0.3) is 0 Å². The molecule has 4 aliphatic rings. The fraction of sp³-hybridized carbons (Fsp3) is 1.00. The van der Waals surface area contributed by atoms with Gasteiger partial charge in [0.1, 0.15) is 0 Å². The van der Waals surface area contributed by atoms with Gasteiger partial charge in [-0.1, -0.05) is 84.5 Å². The zero-order valence-electron chi connectivity index (χ0n) is 17.2. The first-order chi connectivity index (χ1) is 12.2. The maximum atomic E-state index is 2.51. The lowest BCUT2D eigenvalue weighted by Gasteiger charge is -2.35. The second-order valence-corrected chi connectivity index (χ2v) is 11.0. The molecule has 4 rings (SSSR count). The van der Waals surface area contributed by atoms with Crippen molar-refractivity contribution in [2.75, 3.05) is 0 Å². The topological polar surface area (TPSA) is 0 Å². The van der Waals surface area contributed by atoms with E-state index in [1.165, 1.54) is 6.42 Å². The molecule has 0 aromatic carbocycles. The maximum Gasteiger partial charge on any atom is -0.0355 e. The number of hydrogen-bond donors (Lipinski definition) is 0. The molecule has 0 saturated heterocycles. The van der Waals surface area contributed by atoms with Crippen LogP contribution in [0.1, 0.15) is 110 Å². The average molecular weight is 345 g/mol. The molecule has 0 heteroatoms. The summed E-state index contributed by atoms with van der Waals surface area (Å²) in [4.78, 5) is 0. The highest BCUT2D eigenvalue weighted by molar-refractivity contribution is 4.90. The van der Waals surface area contributed by atoms with E-state index in [1.54, 1.807) is 89.9 Å². The SMILES string of the molecule is CC1CC2CCCC(CCCCCC3CCCC4CC(C)CC34)C2C1. The molecule has 0 amide bonds. The zero-order chi connectivity index (χ0) is 17.2. The fourth-order valence-corrected chi connectivity index (χ4v) is 8.13. The van der Waals surface area contributed by atoms with Crippen molar-refractivity contribution >= 4 is 0 Å². The molecule has 4 aliphatic carbocycles. The van der Waals surface area contributed by atoms with E-state index in [2.05, 4.69) is 13.8 Å². The minimum absolute atomic E-state index is 1.03. The van der Waals surface area contributed by atoms with Crippen LogP contribution in [0.15, 0.2) is 0 Å².